The van der Waals surface area contributed by atoms with Crippen LogP contribution < -0.4 is 10.1 Å². The first-order valence-electron chi connectivity index (χ1n) is 8.75. The van der Waals surface area contributed by atoms with E-state index in [4.69, 9.17) is 4.74 Å². The average Bonchev–Trinajstić information content (AvgIpc) is 2.59. The molecule has 0 atom stereocenters. The lowest BCUT2D eigenvalue weighted by atomic mass is 10.1. The van der Waals surface area contributed by atoms with E-state index in [1.54, 1.807) is 0 Å². The molecule has 1 N–H and O–H groups in total. The van der Waals surface area contributed by atoms with Crippen LogP contribution in [0.2, 0.25) is 0 Å². The number of ether oxygens (including phenoxy) is 1. The standard InChI is InChI=1S/C20H27N3O2S/c1-13-6-8-18(14(2)12-13)25-11-10-21-19(24)9-7-17-15(3)22-20(26-5)23-16(17)4/h6,8,12H,7,9-11H2,1-5H3,(H,21,24). The van der Waals surface area contributed by atoms with Crippen LogP contribution in [-0.2, 0) is 11.2 Å². The van der Waals surface area contributed by atoms with Gasteiger partial charge in [-0.2, -0.15) is 0 Å². The number of hydrogen-bond donors (Lipinski definition) is 1. The van der Waals surface area contributed by atoms with Crippen molar-refractivity contribution >= 4 is 17.7 Å². The molecular weight excluding hydrogens is 346 g/mol. The molecule has 1 aromatic heterocycles. The number of carbonyl (C=O) groups is 1. The van der Waals surface area contributed by atoms with Gasteiger partial charge >= 0.3 is 0 Å². The lowest BCUT2D eigenvalue weighted by Crippen LogP contribution is -2.28. The Hall–Kier alpha value is -2.08. The smallest absolute Gasteiger partial charge is 0.220 e. The van der Waals surface area contributed by atoms with Crippen molar-refractivity contribution in [3.05, 3.63) is 46.3 Å². The summed E-state index contributed by atoms with van der Waals surface area (Å²) in [6.45, 7) is 8.97. The molecule has 0 saturated carbocycles. The Labute approximate surface area is 160 Å². The maximum absolute atomic E-state index is 12.1. The number of carbonyl (C=O) groups excluding carboxylic acids is 1. The van der Waals surface area contributed by atoms with Gasteiger partial charge in [0.15, 0.2) is 5.16 Å². The van der Waals surface area contributed by atoms with Crippen molar-refractivity contribution in [3.8, 4) is 5.75 Å². The SMILES string of the molecule is CSc1nc(C)c(CCC(=O)NCCOc2ccc(C)cc2C)c(C)n1. The number of aryl methyl sites for hydroxylation is 4. The molecule has 0 aliphatic carbocycles. The van der Waals surface area contributed by atoms with Crippen LogP contribution in [-0.4, -0.2) is 35.3 Å². The predicted molar refractivity (Wildman–Crippen MR) is 106 cm³/mol. The molecule has 0 bridgehead atoms. The second-order valence-corrected chi connectivity index (χ2v) is 7.10. The van der Waals surface area contributed by atoms with Gasteiger partial charge in [-0.3, -0.25) is 4.79 Å². The zero-order valence-corrected chi connectivity index (χ0v) is 17.0. The highest BCUT2D eigenvalue weighted by Crippen LogP contribution is 2.18. The Kier molecular flexibility index (Phi) is 7.45. The van der Waals surface area contributed by atoms with Crippen LogP contribution >= 0.6 is 11.8 Å². The third-order valence-corrected chi connectivity index (χ3v) is 4.74. The normalized spacial score (nSPS) is 10.7. The molecule has 1 heterocycles. The zero-order chi connectivity index (χ0) is 19.1. The monoisotopic (exact) mass is 373 g/mol. The van der Waals surface area contributed by atoms with Gasteiger partial charge in [-0.15, -0.1) is 0 Å². The third-order valence-electron chi connectivity index (χ3n) is 4.20. The van der Waals surface area contributed by atoms with Gasteiger partial charge < -0.3 is 10.1 Å². The summed E-state index contributed by atoms with van der Waals surface area (Å²) >= 11 is 1.53. The second-order valence-electron chi connectivity index (χ2n) is 6.33. The zero-order valence-electron chi connectivity index (χ0n) is 16.2. The second kappa shape index (κ2) is 9.57. The molecule has 0 radical (unpaired) electrons. The van der Waals surface area contributed by atoms with Gasteiger partial charge in [0.2, 0.25) is 5.91 Å². The topological polar surface area (TPSA) is 64.1 Å². The molecule has 0 aliphatic rings. The Morgan fingerprint density at radius 1 is 1.15 bits per heavy atom. The molecule has 2 rings (SSSR count). The van der Waals surface area contributed by atoms with Gasteiger partial charge in [0.05, 0.1) is 6.54 Å². The number of nitrogens with zero attached hydrogens (tertiary/aromatic N) is 2. The van der Waals surface area contributed by atoms with Crippen molar-refractivity contribution in [2.75, 3.05) is 19.4 Å². The molecule has 0 unspecified atom stereocenters. The van der Waals surface area contributed by atoms with E-state index in [9.17, 15) is 4.79 Å². The largest absolute Gasteiger partial charge is 0.491 e. The van der Waals surface area contributed by atoms with E-state index in [1.165, 1.54) is 17.3 Å². The molecule has 1 aromatic carbocycles. The quantitative estimate of drug-likeness (QED) is 0.435. The summed E-state index contributed by atoms with van der Waals surface area (Å²) in [6.07, 6.45) is 3.03. The number of nitrogens with one attached hydrogen (secondary N) is 1. The van der Waals surface area contributed by atoms with Gasteiger partial charge in [0.1, 0.15) is 12.4 Å². The highest BCUT2D eigenvalue weighted by atomic mass is 32.2. The summed E-state index contributed by atoms with van der Waals surface area (Å²) in [5.41, 5.74) is 5.28. The predicted octanol–water partition coefficient (Wildman–Crippen LogP) is 3.56. The third kappa shape index (κ3) is 5.73. The van der Waals surface area contributed by atoms with Crippen LogP contribution in [0.15, 0.2) is 23.4 Å². The molecule has 26 heavy (non-hydrogen) atoms. The molecule has 0 aliphatic heterocycles. The summed E-state index contributed by atoms with van der Waals surface area (Å²) in [7, 11) is 0. The molecule has 1 amide bonds. The first kappa shape index (κ1) is 20.2. The summed E-state index contributed by atoms with van der Waals surface area (Å²) < 4.78 is 5.73. The Morgan fingerprint density at radius 3 is 2.46 bits per heavy atom. The van der Waals surface area contributed by atoms with E-state index in [1.807, 2.05) is 39.2 Å². The number of amides is 1. The van der Waals surface area contributed by atoms with E-state index in [0.29, 0.717) is 26.0 Å². The van der Waals surface area contributed by atoms with Crippen LogP contribution in [0.25, 0.3) is 0 Å². The van der Waals surface area contributed by atoms with Gasteiger partial charge in [-0.1, -0.05) is 29.5 Å². The van der Waals surface area contributed by atoms with Crippen LogP contribution in [0, 0.1) is 27.7 Å². The van der Waals surface area contributed by atoms with E-state index in [0.717, 1.165) is 33.4 Å². The molecule has 6 heteroatoms. The average molecular weight is 374 g/mol. The highest BCUT2D eigenvalue weighted by molar-refractivity contribution is 7.98. The fourth-order valence-corrected chi connectivity index (χ4v) is 3.26. The summed E-state index contributed by atoms with van der Waals surface area (Å²) in [6, 6.07) is 6.08. The lowest BCUT2D eigenvalue weighted by molar-refractivity contribution is -0.121. The van der Waals surface area contributed by atoms with Gasteiger partial charge in [0.25, 0.3) is 0 Å². The number of benzene rings is 1. The minimum atomic E-state index is 0.0157. The van der Waals surface area contributed by atoms with E-state index < -0.39 is 0 Å². The lowest BCUT2D eigenvalue weighted by Gasteiger charge is -2.12. The summed E-state index contributed by atoms with van der Waals surface area (Å²) in [5.74, 6) is 0.879. The molecule has 0 spiro atoms. The minimum absolute atomic E-state index is 0.0157. The van der Waals surface area contributed by atoms with Crippen molar-refractivity contribution in [1.82, 2.24) is 15.3 Å². The fraction of sp³-hybridized carbons (Fsp3) is 0.450. The van der Waals surface area contributed by atoms with E-state index in [2.05, 4.69) is 28.3 Å². The number of hydrogen-bond acceptors (Lipinski definition) is 5. The van der Waals surface area contributed by atoms with Crippen molar-refractivity contribution in [3.63, 3.8) is 0 Å². The van der Waals surface area contributed by atoms with E-state index in [-0.39, 0.29) is 5.91 Å². The van der Waals surface area contributed by atoms with Crippen molar-refractivity contribution in [2.45, 2.75) is 45.7 Å². The van der Waals surface area contributed by atoms with Crippen molar-refractivity contribution in [1.29, 1.82) is 0 Å². The first-order valence-corrected chi connectivity index (χ1v) is 9.98. The Balaban J connectivity index is 1.76. The number of rotatable bonds is 8. The van der Waals surface area contributed by atoms with Crippen LogP contribution in [0.1, 0.15) is 34.5 Å². The molecule has 0 fully saturated rings. The maximum atomic E-state index is 12.1. The Morgan fingerprint density at radius 2 is 1.85 bits per heavy atom. The first-order chi connectivity index (χ1) is 12.4. The van der Waals surface area contributed by atoms with Gasteiger partial charge in [0, 0.05) is 17.8 Å². The van der Waals surface area contributed by atoms with Gasteiger partial charge in [-0.05, 0) is 57.6 Å². The van der Waals surface area contributed by atoms with Gasteiger partial charge in [-0.25, -0.2) is 9.97 Å². The molecule has 0 saturated heterocycles. The molecule has 140 valence electrons. The summed E-state index contributed by atoms with van der Waals surface area (Å²) in [4.78, 5) is 21.0. The molecule has 5 nitrogen and oxygen atoms in total. The van der Waals surface area contributed by atoms with Crippen LogP contribution in [0.4, 0.5) is 0 Å². The number of thioether (sulfide) groups is 1. The fourth-order valence-electron chi connectivity index (χ4n) is 2.80. The van der Waals surface area contributed by atoms with Crippen molar-refractivity contribution in [2.24, 2.45) is 0 Å². The highest BCUT2D eigenvalue weighted by Gasteiger charge is 2.10. The molecular formula is C20H27N3O2S. The van der Waals surface area contributed by atoms with Crippen LogP contribution in [0.5, 0.6) is 5.75 Å². The minimum Gasteiger partial charge on any atom is -0.491 e. The summed E-state index contributed by atoms with van der Waals surface area (Å²) in [5, 5.41) is 3.68. The maximum Gasteiger partial charge on any atom is 0.220 e. The van der Waals surface area contributed by atoms with Crippen molar-refractivity contribution < 1.29 is 9.53 Å². The Bertz CT molecular complexity index is 755. The van der Waals surface area contributed by atoms with E-state index >= 15 is 0 Å². The molecule has 2 aromatic rings. The van der Waals surface area contributed by atoms with Crippen LogP contribution in [0.3, 0.4) is 0 Å². The number of aromatic nitrogens is 2.